The second-order valence-corrected chi connectivity index (χ2v) is 5.61. The second-order valence-electron chi connectivity index (χ2n) is 5.61. The number of H-pyrrole nitrogens is 1. The minimum Gasteiger partial charge on any atom is -0.324 e. The quantitative estimate of drug-likeness (QED) is 0.901. The Balaban J connectivity index is 1.62. The molecule has 22 heavy (non-hydrogen) atoms. The van der Waals surface area contributed by atoms with Crippen LogP contribution in [-0.2, 0) is 4.79 Å². The van der Waals surface area contributed by atoms with Crippen LogP contribution in [0.3, 0.4) is 0 Å². The molecule has 0 bridgehead atoms. The number of anilines is 1. The maximum atomic E-state index is 13.5. The first-order valence-corrected chi connectivity index (χ1v) is 7.33. The van der Waals surface area contributed by atoms with E-state index in [0.717, 1.165) is 11.3 Å². The molecule has 4 nitrogen and oxygen atoms in total. The minimum atomic E-state index is -2.73. The van der Waals surface area contributed by atoms with Crippen LogP contribution in [0.4, 0.5) is 14.7 Å². The molecule has 0 aliphatic heterocycles. The molecule has 1 amide bonds. The van der Waals surface area contributed by atoms with E-state index in [0.29, 0.717) is 12.8 Å². The summed E-state index contributed by atoms with van der Waals surface area (Å²) < 4.78 is 27.1. The molecule has 1 heterocycles. The van der Waals surface area contributed by atoms with Gasteiger partial charge in [0.25, 0.3) is 5.92 Å². The fourth-order valence-corrected chi connectivity index (χ4v) is 2.81. The topological polar surface area (TPSA) is 57.8 Å². The van der Waals surface area contributed by atoms with Gasteiger partial charge in [0.2, 0.25) is 11.9 Å². The van der Waals surface area contributed by atoms with Crippen LogP contribution >= 0.6 is 0 Å². The van der Waals surface area contributed by atoms with Crippen LogP contribution in [0.25, 0.3) is 11.3 Å². The largest absolute Gasteiger partial charge is 0.324 e. The summed E-state index contributed by atoms with van der Waals surface area (Å²) in [6.45, 7) is 0. The van der Waals surface area contributed by atoms with Crippen molar-refractivity contribution in [2.45, 2.75) is 31.6 Å². The number of hydrogen-bond donors (Lipinski definition) is 2. The Labute approximate surface area is 127 Å². The lowest BCUT2D eigenvalue weighted by Crippen LogP contribution is -2.27. The summed E-state index contributed by atoms with van der Waals surface area (Å²) in [5, 5.41) is 2.56. The number of rotatable bonds is 4. The number of nitrogens with zero attached hydrogens (tertiary/aromatic N) is 1. The normalized spacial score (nSPS) is 20.0. The summed E-state index contributed by atoms with van der Waals surface area (Å²) in [4.78, 5) is 18.9. The lowest BCUT2D eigenvalue weighted by atomic mass is 10.0. The monoisotopic (exact) mass is 305 g/mol. The lowest BCUT2D eigenvalue weighted by Gasteiger charge is -2.17. The number of hydrogen-bond acceptors (Lipinski definition) is 2. The number of halogens is 2. The Morgan fingerprint density at radius 2 is 2.14 bits per heavy atom. The highest BCUT2D eigenvalue weighted by molar-refractivity contribution is 5.89. The smallest absolute Gasteiger partial charge is 0.251 e. The predicted molar refractivity (Wildman–Crippen MR) is 79.6 cm³/mol. The standard InChI is InChI=1S/C16H17F2N3O/c17-16(18)8-4-7-12(16)9-14(22)21-15-19-10-13(20-15)11-5-2-1-3-6-11/h1-3,5-6,10,12H,4,7-9H2,(H2,19,20,21,22). The molecule has 3 rings (SSSR count). The molecule has 1 aromatic heterocycles. The summed E-state index contributed by atoms with van der Waals surface area (Å²) in [6, 6.07) is 9.54. The fraction of sp³-hybridized carbons (Fsp3) is 0.375. The lowest BCUT2D eigenvalue weighted by molar-refractivity contribution is -0.120. The van der Waals surface area contributed by atoms with Crippen molar-refractivity contribution in [3.63, 3.8) is 0 Å². The van der Waals surface area contributed by atoms with E-state index in [4.69, 9.17) is 0 Å². The third-order valence-corrected chi connectivity index (χ3v) is 4.01. The molecule has 6 heteroatoms. The van der Waals surface area contributed by atoms with Gasteiger partial charge in [-0.1, -0.05) is 30.3 Å². The van der Waals surface area contributed by atoms with Gasteiger partial charge in [-0.15, -0.1) is 0 Å². The molecule has 116 valence electrons. The third kappa shape index (κ3) is 3.16. The highest BCUT2D eigenvalue weighted by Gasteiger charge is 2.44. The zero-order valence-electron chi connectivity index (χ0n) is 12.0. The number of alkyl halides is 2. The van der Waals surface area contributed by atoms with Gasteiger partial charge in [0, 0.05) is 18.8 Å². The SMILES string of the molecule is O=C(CC1CCCC1(F)F)Nc1ncc(-c2ccccc2)[nH]1. The van der Waals surface area contributed by atoms with Gasteiger partial charge in [-0.25, -0.2) is 13.8 Å². The number of aromatic amines is 1. The number of aromatic nitrogens is 2. The predicted octanol–water partition coefficient (Wildman–Crippen LogP) is 3.84. The number of benzene rings is 1. The maximum Gasteiger partial charge on any atom is 0.251 e. The van der Waals surface area contributed by atoms with E-state index in [1.54, 1.807) is 6.20 Å². The number of imidazole rings is 1. The molecule has 0 radical (unpaired) electrons. The summed E-state index contributed by atoms with van der Waals surface area (Å²) in [5.74, 6) is -3.74. The molecule has 1 saturated carbocycles. The molecule has 1 aromatic carbocycles. The van der Waals surface area contributed by atoms with Crippen molar-refractivity contribution in [2.75, 3.05) is 5.32 Å². The van der Waals surface area contributed by atoms with Crippen molar-refractivity contribution in [3.05, 3.63) is 36.5 Å². The van der Waals surface area contributed by atoms with E-state index in [2.05, 4.69) is 15.3 Å². The maximum absolute atomic E-state index is 13.5. The Bertz CT molecular complexity index is 654. The summed E-state index contributed by atoms with van der Waals surface area (Å²) in [5.41, 5.74) is 1.71. The molecule has 2 N–H and O–H groups in total. The van der Waals surface area contributed by atoms with E-state index in [1.165, 1.54) is 0 Å². The first-order chi connectivity index (χ1) is 10.5. The van der Waals surface area contributed by atoms with Crippen LogP contribution in [0.2, 0.25) is 0 Å². The highest BCUT2D eigenvalue weighted by Crippen LogP contribution is 2.42. The van der Waals surface area contributed by atoms with Crippen LogP contribution in [0, 0.1) is 5.92 Å². The number of carbonyl (C=O) groups excluding carboxylic acids is 1. The van der Waals surface area contributed by atoms with Crippen molar-refractivity contribution < 1.29 is 13.6 Å². The van der Waals surface area contributed by atoms with Crippen LogP contribution in [-0.4, -0.2) is 21.8 Å². The average molecular weight is 305 g/mol. The molecule has 0 spiro atoms. The van der Waals surface area contributed by atoms with Crippen molar-refractivity contribution in [1.29, 1.82) is 0 Å². The number of carbonyl (C=O) groups is 1. The first kappa shape index (κ1) is 14.7. The van der Waals surface area contributed by atoms with E-state index in [9.17, 15) is 13.6 Å². The number of amides is 1. The summed E-state index contributed by atoms with van der Waals surface area (Å²) in [7, 11) is 0. The van der Waals surface area contributed by atoms with Gasteiger partial charge in [0.1, 0.15) is 0 Å². The molecule has 1 atom stereocenters. The molecule has 1 fully saturated rings. The van der Waals surface area contributed by atoms with Crippen molar-refractivity contribution >= 4 is 11.9 Å². The van der Waals surface area contributed by atoms with Gasteiger partial charge in [0.05, 0.1) is 11.9 Å². The van der Waals surface area contributed by atoms with Gasteiger partial charge < -0.3 is 4.98 Å². The van der Waals surface area contributed by atoms with Gasteiger partial charge in [-0.3, -0.25) is 10.1 Å². The van der Waals surface area contributed by atoms with Crippen LogP contribution < -0.4 is 5.32 Å². The zero-order chi connectivity index (χ0) is 15.6. The molecule has 1 unspecified atom stereocenters. The second kappa shape index (κ2) is 5.87. The molecule has 0 saturated heterocycles. The van der Waals surface area contributed by atoms with E-state index in [1.807, 2.05) is 30.3 Å². The molecular formula is C16H17F2N3O. The van der Waals surface area contributed by atoms with E-state index >= 15 is 0 Å². The van der Waals surface area contributed by atoms with Crippen molar-refractivity contribution in [3.8, 4) is 11.3 Å². The minimum absolute atomic E-state index is 0.121. The van der Waals surface area contributed by atoms with Gasteiger partial charge in [-0.05, 0) is 18.4 Å². The Kier molecular flexibility index (Phi) is 3.92. The molecule has 1 aliphatic rings. The van der Waals surface area contributed by atoms with Crippen molar-refractivity contribution in [2.24, 2.45) is 5.92 Å². The van der Waals surface area contributed by atoms with Gasteiger partial charge in [0.15, 0.2) is 0 Å². The van der Waals surface area contributed by atoms with Crippen molar-refractivity contribution in [1.82, 2.24) is 9.97 Å². The van der Waals surface area contributed by atoms with Crippen LogP contribution in [0.5, 0.6) is 0 Å². The molecule has 2 aromatic rings. The van der Waals surface area contributed by atoms with E-state index < -0.39 is 17.7 Å². The van der Waals surface area contributed by atoms with Crippen LogP contribution in [0.1, 0.15) is 25.7 Å². The number of nitrogens with one attached hydrogen (secondary N) is 2. The van der Waals surface area contributed by atoms with Crippen LogP contribution in [0.15, 0.2) is 36.5 Å². The zero-order valence-corrected chi connectivity index (χ0v) is 12.0. The van der Waals surface area contributed by atoms with E-state index in [-0.39, 0.29) is 18.8 Å². The molecular weight excluding hydrogens is 288 g/mol. The third-order valence-electron chi connectivity index (χ3n) is 4.01. The summed E-state index contributed by atoms with van der Waals surface area (Å²) >= 11 is 0. The average Bonchev–Trinajstić information content (AvgIpc) is 3.07. The Morgan fingerprint density at radius 1 is 1.36 bits per heavy atom. The highest BCUT2D eigenvalue weighted by atomic mass is 19.3. The Hall–Kier alpha value is -2.24. The molecule has 1 aliphatic carbocycles. The van der Waals surface area contributed by atoms with Gasteiger partial charge >= 0.3 is 0 Å². The van der Waals surface area contributed by atoms with Gasteiger partial charge in [-0.2, -0.15) is 0 Å². The summed E-state index contributed by atoms with van der Waals surface area (Å²) in [6.07, 6.45) is 2.19. The Morgan fingerprint density at radius 3 is 2.82 bits per heavy atom. The fourth-order valence-electron chi connectivity index (χ4n) is 2.81. The first-order valence-electron chi connectivity index (χ1n) is 7.33.